The Hall–Kier alpha value is -1.21. The molecule has 0 fully saturated rings. The average Bonchev–Trinajstić information content (AvgIpc) is 2.34. The zero-order valence-corrected chi connectivity index (χ0v) is 13.5. The first-order valence-electron chi connectivity index (χ1n) is 6.56. The summed E-state index contributed by atoms with van der Waals surface area (Å²) in [7, 11) is 0. The fourth-order valence-electron chi connectivity index (χ4n) is 1.63. The monoisotopic (exact) mass is 272 g/mol. The van der Waals surface area contributed by atoms with Crippen LogP contribution in [0.15, 0.2) is 54.1 Å². The Balaban J connectivity index is 3.07. The summed E-state index contributed by atoms with van der Waals surface area (Å²) in [5.74, 6) is 0. The third kappa shape index (κ3) is 4.76. The van der Waals surface area contributed by atoms with Crippen LogP contribution in [0.5, 0.6) is 0 Å². The standard InChI is InChI=1S/C18H24S/c1-13(2)14(3)10-11-15(4)16-8-7-9-17(12-16)18(5,6)19/h7-12,19H,1H2,2-6H3/b14-10-,15-11+. The molecule has 0 saturated carbocycles. The summed E-state index contributed by atoms with van der Waals surface area (Å²) in [6.45, 7) is 14.4. The van der Waals surface area contributed by atoms with Crippen LogP contribution in [0.25, 0.3) is 5.57 Å². The van der Waals surface area contributed by atoms with Gasteiger partial charge >= 0.3 is 0 Å². The lowest BCUT2D eigenvalue weighted by molar-refractivity contribution is 0.791. The average molecular weight is 272 g/mol. The van der Waals surface area contributed by atoms with Crippen LogP contribution < -0.4 is 0 Å². The van der Waals surface area contributed by atoms with Gasteiger partial charge in [0.2, 0.25) is 0 Å². The van der Waals surface area contributed by atoms with E-state index in [0.717, 1.165) is 5.57 Å². The second kappa shape index (κ2) is 6.29. The van der Waals surface area contributed by atoms with Crippen LogP contribution in [0.2, 0.25) is 0 Å². The third-order valence-electron chi connectivity index (χ3n) is 3.28. The minimum absolute atomic E-state index is 0.111. The summed E-state index contributed by atoms with van der Waals surface area (Å²) in [6.07, 6.45) is 4.27. The molecule has 0 atom stereocenters. The first-order valence-corrected chi connectivity index (χ1v) is 7.01. The van der Waals surface area contributed by atoms with Crippen molar-refractivity contribution in [1.82, 2.24) is 0 Å². The normalized spacial score (nSPS) is 13.6. The summed E-state index contributed by atoms with van der Waals surface area (Å²) in [5, 5.41) is 0. The maximum Gasteiger partial charge on any atom is 0.0322 e. The number of allylic oxidation sites excluding steroid dienone is 5. The first kappa shape index (κ1) is 15.8. The largest absolute Gasteiger partial charge is 0.168 e. The van der Waals surface area contributed by atoms with Crippen molar-refractivity contribution in [2.24, 2.45) is 0 Å². The lowest BCUT2D eigenvalue weighted by Gasteiger charge is -2.18. The molecule has 1 heteroatoms. The van der Waals surface area contributed by atoms with Crippen LogP contribution in [0.4, 0.5) is 0 Å². The molecule has 19 heavy (non-hydrogen) atoms. The molecule has 1 aromatic carbocycles. The molecule has 0 unspecified atom stereocenters. The second-order valence-electron chi connectivity index (χ2n) is 5.62. The Kier molecular flexibility index (Phi) is 5.25. The van der Waals surface area contributed by atoms with Gasteiger partial charge in [0.15, 0.2) is 0 Å². The van der Waals surface area contributed by atoms with Crippen molar-refractivity contribution >= 4 is 18.2 Å². The van der Waals surface area contributed by atoms with Crippen molar-refractivity contribution in [2.45, 2.75) is 39.4 Å². The van der Waals surface area contributed by atoms with Crippen molar-refractivity contribution in [3.05, 3.63) is 65.3 Å². The zero-order valence-electron chi connectivity index (χ0n) is 12.6. The Bertz CT molecular complexity index is 525. The van der Waals surface area contributed by atoms with Gasteiger partial charge in [-0.25, -0.2) is 0 Å². The van der Waals surface area contributed by atoms with Crippen molar-refractivity contribution < 1.29 is 0 Å². The predicted molar refractivity (Wildman–Crippen MR) is 90.7 cm³/mol. The van der Waals surface area contributed by atoms with Crippen LogP contribution in [0, 0.1) is 0 Å². The van der Waals surface area contributed by atoms with Crippen molar-refractivity contribution in [1.29, 1.82) is 0 Å². The molecule has 0 saturated heterocycles. The first-order chi connectivity index (χ1) is 8.71. The van der Waals surface area contributed by atoms with Crippen LogP contribution in [-0.2, 0) is 4.75 Å². The van der Waals surface area contributed by atoms with Crippen molar-refractivity contribution in [3.8, 4) is 0 Å². The van der Waals surface area contributed by atoms with E-state index in [1.807, 2.05) is 6.92 Å². The van der Waals surface area contributed by atoms with E-state index in [0.29, 0.717) is 0 Å². The smallest absolute Gasteiger partial charge is 0.0322 e. The van der Waals surface area contributed by atoms with E-state index < -0.39 is 0 Å². The van der Waals surface area contributed by atoms with E-state index in [1.54, 1.807) is 0 Å². The Morgan fingerprint density at radius 1 is 1.16 bits per heavy atom. The molecule has 0 aliphatic carbocycles. The Labute approximate surface area is 123 Å². The quantitative estimate of drug-likeness (QED) is 0.521. The summed E-state index contributed by atoms with van der Waals surface area (Å²) < 4.78 is -0.111. The molecule has 0 nitrogen and oxygen atoms in total. The van der Waals surface area contributed by atoms with Crippen LogP contribution >= 0.6 is 12.6 Å². The molecule has 1 rings (SSSR count). The molecule has 0 aliphatic rings. The van der Waals surface area contributed by atoms with Crippen molar-refractivity contribution in [2.75, 3.05) is 0 Å². The van der Waals surface area contributed by atoms with E-state index in [1.165, 1.54) is 22.3 Å². The maximum atomic E-state index is 4.63. The molecule has 0 radical (unpaired) electrons. The number of benzene rings is 1. The highest BCUT2D eigenvalue weighted by molar-refractivity contribution is 7.81. The highest BCUT2D eigenvalue weighted by Gasteiger charge is 2.14. The Morgan fingerprint density at radius 2 is 1.79 bits per heavy atom. The van der Waals surface area contributed by atoms with Crippen LogP contribution in [-0.4, -0.2) is 0 Å². The van der Waals surface area contributed by atoms with Gasteiger partial charge in [-0.15, -0.1) is 0 Å². The molecule has 0 N–H and O–H groups in total. The predicted octanol–water partition coefficient (Wildman–Crippen LogP) is 5.78. The molecule has 102 valence electrons. The number of rotatable bonds is 4. The molecule has 0 aliphatic heterocycles. The SMILES string of the molecule is C=C(C)/C(C)=C\C=C(/C)c1cccc(C(C)(C)S)c1. The van der Waals surface area contributed by atoms with Gasteiger partial charge in [-0.2, -0.15) is 12.6 Å². The van der Waals surface area contributed by atoms with E-state index >= 15 is 0 Å². The lowest BCUT2D eigenvalue weighted by atomic mass is 9.97. The van der Waals surface area contributed by atoms with Crippen LogP contribution in [0.3, 0.4) is 0 Å². The van der Waals surface area contributed by atoms with E-state index in [4.69, 9.17) is 0 Å². The van der Waals surface area contributed by atoms with Gasteiger partial charge in [-0.1, -0.05) is 48.6 Å². The molecule has 1 aromatic rings. The van der Waals surface area contributed by atoms with Gasteiger partial charge in [0, 0.05) is 4.75 Å². The second-order valence-corrected chi connectivity index (χ2v) is 6.74. The van der Waals surface area contributed by atoms with E-state index in [9.17, 15) is 0 Å². The molecular formula is C18H24S. The van der Waals surface area contributed by atoms with Gasteiger partial charge in [-0.05, 0) is 56.9 Å². The minimum atomic E-state index is -0.111. The molecule has 0 amide bonds. The summed E-state index contributed by atoms with van der Waals surface area (Å²) in [4.78, 5) is 0. The van der Waals surface area contributed by atoms with Gasteiger partial charge in [0.25, 0.3) is 0 Å². The fourth-order valence-corrected chi connectivity index (χ4v) is 1.77. The molecule has 0 spiro atoms. The fraction of sp³-hybridized carbons (Fsp3) is 0.333. The summed E-state index contributed by atoms with van der Waals surface area (Å²) in [5.41, 5.74) is 6.05. The van der Waals surface area contributed by atoms with E-state index in [2.05, 4.69) is 83.3 Å². The van der Waals surface area contributed by atoms with Gasteiger partial charge in [-0.3, -0.25) is 0 Å². The summed E-state index contributed by atoms with van der Waals surface area (Å²) >= 11 is 4.63. The highest BCUT2D eigenvalue weighted by Crippen LogP contribution is 2.29. The minimum Gasteiger partial charge on any atom is -0.168 e. The lowest BCUT2D eigenvalue weighted by Crippen LogP contribution is -2.07. The number of hydrogen-bond acceptors (Lipinski definition) is 1. The molecular weight excluding hydrogens is 248 g/mol. The van der Waals surface area contributed by atoms with Gasteiger partial charge in [0.05, 0.1) is 0 Å². The zero-order chi connectivity index (χ0) is 14.6. The topological polar surface area (TPSA) is 0 Å². The molecule has 0 aromatic heterocycles. The Morgan fingerprint density at radius 3 is 2.32 bits per heavy atom. The van der Waals surface area contributed by atoms with E-state index in [-0.39, 0.29) is 4.75 Å². The maximum absolute atomic E-state index is 4.63. The van der Waals surface area contributed by atoms with Crippen LogP contribution in [0.1, 0.15) is 45.7 Å². The summed E-state index contributed by atoms with van der Waals surface area (Å²) in [6, 6.07) is 8.57. The third-order valence-corrected chi connectivity index (χ3v) is 3.54. The molecule has 0 heterocycles. The highest BCUT2D eigenvalue weighted by atomic mass is 32.1. The van der Waals surface area contributed by atoms with Gasteiger partial charge < -0.3 is 0 Å². The molecule has 0 bridgehead atoms. The number of hydrogen-bond donors (Lipinski definition) is 1. The van der Waals surface area contributed by atoms with Gasteiger partial charge in [0.1, 0.15) is 0 Å². The number of thiol groups is 1. The van der Waals surface area contributed by atoms with Crippen molar-refractivity contribution in [3.63, 3.8) is 0 Å².